The number of hydrogen-bond acceptors (Lipinski definition) is 0. The van der Waals surface area contributed by atoms with Crippen molar-refractivity contribution in [1.82, 2.24) is 0 Å². The van der Waals surface area contributed by atoms with Crippen molar-refractivity contribution in [2.24, 2.45) is 29.6 Å². The smallest absolute Gasteiger partial charge is 0.0355 e. The fraction of sp³-hybridized carbons (Fsp3) is 1.00. The molecule has 5 atom stereocenters. The van der Waals surface area contributed by atoms with Crippen LogP contribution >= 0.6 is 0 Å². The quantitative estimate of drug-likeness (QED) is 0.499. The molecule has 0 heterocycles. The Morgan fingerprint density at radius 2 is 1.64 bits per heavy atom. The van der Waals surface area contributed by atoms with E-state index in [-0.39, 0.29) is 0 Å². The maximum atomic E-state index is 2.47. The Balaban J connectivity index is 2.06. The highest BCUT2D eigenvalue weighted by Gasteiger charge is 2.45. The van der Waals surface area contributed by atoms with Crippen LogP contribution in [0.25, 0.3) is 0 Å². The predicted octanol–water partition coefficient (Wildman–Crippen LogP) is 3.32. The van der Waals surface area contributed by atoms with Crippen LogP contribution in [0.4, 0.5) is 0 Å². The molecule has 2 fully saturated rings. The highest BCUT2D eigenvalue weighted by molar-refractivity contribution is 4.94. The molecule has 0 amide bonds. The first-order chi connectivity index (χ1) is 5.20. The number of rotatable bonds is 0. The first kappa shape index (κ1) is 7.64. The Kier molecular flexibility index (Phi) is 1.74. The lowest BCUT2D eigenvalue weighted by atomic mass is 9.82. The van der Waals surface area contributed by atoms with E-state index in [1.165, 1.54) is 12.8 Å². The van der Waals surface area contributed by atoms with Crippen LogP contribution in [0, 0.1) is 29.6 Å². The molecule has 2 aliphatic rings. The first-order valence-electron chi connectivity index (χ1n) is 5.20. The Morgan fingerprint density at radius 1 is 0.909 bits per heavy atom. The number of hydrogen-bond donors (Lipinski definition) is 0. The molecule has 0 heteroatoms. The van der Waals surface area contributed by atoms with E-state index in [1.54, 1.807) is 6.42 Å². The van der Waals surface area contributed by atoms with Crippen LogP contribution in [-0.2, 0) is 0 Å². The van der Waals surface area contributed by atoms with Crippen LogP contribution in [-0.4, -0.2) is 0 Å². The lowest BCUT2D eigenvalue weighted by molar-refractivity contribution is 0.260. The van der Waals surface area contributed by atoms with E-state index in [2.05, 4.69) is 20.8 Å². The standard InChI is InChI=1S/C11H20/c1-7-4-5-10-6-11(10)9(3)8(7)2/h7-11H,4-6H2,1-3H3. The van der Waals surface area contributed by atoms with E-state index in [4.69, 9.17) is 0 Å². The van der Waals surface area contributed by atoms with Gasteiger partial charge in [-0.3, -0.25) is 0 Å². The van der Waals surface area contributed by atoms with Crippen LogP contribution in [0.15, 0.2) is 0 Å². The molecule has 0 spiro atoms. The van der Waals surface area contributed by atoms with E-state index in [0.29, 0.717) is 0 Å². The second-order valence-electron chi connectivity index (χ2n) is 4.93. The predicted molar refractivity (Wildman–Crippen MR) is 48.3 cm³/mol. The van der Waals surface area contributed by atoms with Crippen molar-refractivity contribution in [2.75, 3.05) is 0 Å². The Bertz CT molecular complexity index is 144. The van der Waals surface area contributed by atoms with Gasteiger partial charge < -0.3 is 0 Å². The van der Waals surface area contributed by atoms with Crippen molar-refractivity contribution >= 4 is 0 Å². The second-order valence-corrected chi connectivity index (χ2v) is 4.93. The summed E-state index contributed by atoms with van der Waals surface area (Å²) in [5.74, 6) is 5.23. The lowest BCUT2D eigenvalue weighted by Crippen LogP contribution is -2.16. The molecule has 0 aromatic rings. The van der Waals surface area contributed by atoms with Crippen molar-refractivity contribution in [1.29, 1.82) is 0 Å². The highest BCUT2D eigenvalue weighted by Crippen LogP contribution is 2.53. The lowest BCUT2D eigenvalue weighted by Gasteiger charge is -2.23. The summed E-state index contributed by atoms with van der Waals surface area (Å²) in [6, 6.07) is 0. The van der Waals surface area contributed by atoms with Crippen molar-refractivity contribution in [3.8, 4) is 0 Å². The average molecular weight is 152 g/mol. The van der Waals surface area contributed by atoms with Crippen LogP contribution in [0.2, 0.25) is 0 Å². The molecule has 0 saturated heterocycles. The van der Waals surface area contributed by atoms with Gasteiger partial charge in [0.1, 0.15) is 0 Å². The third-order valence-corrected chi connectivity index (χ3v) is 4.37. The molecule has 0 nitrogen and oxygen atoms in total. The topological polar surface area (TPSA) is 0 Å². The van der Waals surface area contributed by atoms with E-state index in [9.17, 15) is 0 Å². The molecule has 11 heavy (non-hydrogen) atoms. The zero-order valence-corrected chi connectivity index (χ0v) is 8.01. The third kappa shape index (κ3) is 1.21. The van der Waals surface area contributed by atoms with Crippen LogP contribution in [0.3, 0.4) is 0 Å². The zero-order chi connectivity index (χ0) is 8.01. The van der Waals surface area contributed by atoms with E-state index in [0.717, 1.165) is 29.6 Å². The summed E-state index contributed by atoms with van der Waals surface area (Å²) in [7, 11) is 0. The Hall–Kier alpha value is 0. The van der Waals surface area contributed by atoms with Crippen molar-refractivity contribution in [3.63, 3.8) is 0 Å². The van der Waals surface area contributed by atoms with Gasteiger partial charge in [0.25, 0.3) is 0 Å². The van der Waals surface area contributed by atoms with Crippen LogP contribution in [0.5, 0.6) is 0 Å². The molecule has 0 N–H and O–H groups in total. The summed E-state index contributed by atoms with van der Waals surface area (Å²) in [4.78, 5) is 0. The van der Waals surface area contributed by atoms with Gasteiger partial charge in [0.2, 0.25) is 0 Å². The minimum absolute atomic E-state index is 0.979. The molecule has 2 aliphatic carbocycles. The average Bonchev–Trinajstić information content (AvgIpc) is 2.75. The summed E-state index contributed by atoms with van der Waals surface area (Å²) in [6.07, 6.45) is 4.57. The zero-order valence-electron chi connectivity index (χ0n) is 8.01. The highest BCUT2D eigenvalue weighted by atomic mass is 14.5. The van der Waals surface area contributed by atoms with Gasteiger partial charge in [0.15, 0.2) is 0 Å². The summed E-state index contributed by atoms with van der Waals surface area (Å²) >= 11 is 0. The molecule has 0 radical (unpaired) electrons. The minimum Gasteiger partial charge on any atom is -0.0622 e. The molecule has 64 valence electrons. The molecule has 2 saturated carbocycles. The second kappa shape index (κ2) is 2.50. The maximum Gasteiger partial charge on any atom is -0.0355 e. The van der Waals surface area contributed by atoms with Gasteiger partial charge >= 0.3 is 0 Å². The number of fused-ring (bicyclic) bond motifs is 1. The van der Waals surface area contributed by atoms with Crippen molar-refractivity contribution in [3.05, 3.63) is 0 Å². The van der Waals surface area contributed by atoms with Crippen molar-refractivity contribution in [2.45, 2.75) is 40.0 Å². The monoisotopic (exact) mass is 152 g/mol. The van der Waals surface area contributed by atoms with Gasteiger partial charge in [-0.1, -0.05) is 27.2 Å². The summed E-state index contributed by atoms with van der Waals surface area (Å²) in [5, 5.41) is 0. The summed E-state index contributed by atoms with van der Waals surface area (Å²) in [5.41, 5.74) is 0. The normalized spacial score (nSPS) is 56.5. The maximum absolute atomic E-state index is 2.47. The van der Waals surface area contributed by atoms with Crippen molar-refractivity contribution < 1.29 is 0 Å². The molecule has 0 bridgehead atoms. The minimum atomic E-state index is 0.979. The van der Waals surface area contributed by atoms with Crippen LogP contribution in [0.1, 0.15) is 40.0 Å². The van der Waals surface area contributed by atoms with E-state index >= 15 is 0 Å². The Morgan fingerprint density at radius 3 is 2.36 bits per heavy atom. The Labute approximate surface area is 70.4 Å². The van der Waals surface area contributed by atoms with Gasteiger partial charge in [0.05, 0.1) is 0 Å². The van der Waals surface area contributed by atoms with Gasteiger partial charge in [-0.15, -0.1) is 0 Å². The van der Waals surface area contributed by atoms with Gasteiger partial charge in [-0.2, -0.15) is 0 Å². The molecule has 0 aliphatic heterocycles. The molecule has 0 aromatic carbocycles. The van der Waals surface area contributed by atoms with Gasteiger partial charge in [-0.05, 0) is 42.4 Å². The fourth-order valence-corrected chi connectivity index (χ4v) is 2.89. The summed E-state index contributed by atoms with van der Waals surface area (Å²) < 4.78 is 0. The van der Waals surface area contributed by atoms with E-state index in [1.807, 2.05) is 0 Å². The van der Waals surface area contributed by atoms with E-state index < -0.39 is 0 Å². The SMILES string of the molecule is CC1CCC2CC2C(C)C1C. The summed E-state index contributed by atoms with van der Waals surface area (Å²) in [6.45, 7) is 7.36. The molecule has 2 rings (SSSR count). The molecule has 0 aromatic heterocycles. The fourth-order valence-electron chi connectivity index (χ4n) is 2.89. The van der Waals surface area contributed by atoms with Gasteiger partial charge in [0, 0.05) is 0 Å². The van der Waals surface area contributed by atoms with Crippen LogP contribution < -0.4 is 0 Å². The first-order valence-corrected chi connectivity index (χ1v) is 5.20. The molecular weight excluding hydrogens is 132 g/mol. The largest absolute Gasteiger partial charge is 0.0622 e. The molecular formula is C11H20. The molecule has 5 unspecified atom stereocenters. The van der Waals surface area contributed by atoms with Gasteiger partial charge in [-0.25, -0.2) is 0 Å². The third-order valence-electron chi connectivity index (χ3n) is 4.37.